The first kappa shape index (κ1) is 10.2. The SMILES string of the molecule is N#CC1CCN(c2cnc3[nH]ccc3c2)CC1. The molecule has 0 saturated carbocycles. The van der Waals surface area contributed by atoms with Gasteiger partial charge in [0.2, 0.25) is 0 Å². The number of H-pyrrole nitrogens is 1. The number of aromatic nitrogens is 2. The number of anilines is 1. The van der Waals surface area contributed by atoms with Gasteiger partial charge in [0.1, 0.15) is 5.65 Å². The Kier molecular flexibility index (Phi) is 2.45. The summed E-state index contributed by atoms with van der Waals surface area (Å²) in [5, 5.41) is 10.0. The molecule has 0 aliphatic carbocycles. The van der Waals surface area contributed by atoms with Gasteiger partial charge in [-0.15, -0.1) is 0 Å². The van der Waals surface area contributed by atoms with Crippen LogP contribution in [0.1, 0.15) is 12.8 Å². The number of pyridine rings is 1. The van der Waals surface area contributed by atoms with E-state index in [0.717, 1.165) is 42.7 Å². The molecule has 1 N–H and O–H groups in total. The van der Waals surface area contributed by atoms with Crippen molar-refractivity contribution >= 4 is 16.7 Å². The number of hydrogen-bond donors (Lipinski definition) is 1. The third kappa shape index (κ3) is 1.84. The Bertz CT molecular complexity index is 558. The average molecular weight is 226 g/mol. The zero-order valence-corrected chi connectivity index (χ0v) is 9.56. The van der Waals surface area contributed by atoms with Gasteiger partial charge < -0.3 is 9.88 Å². The number of piperidine rings is 1. The van der Waals surface area contributed by atoms with Gasteiger partial charge >= 0.3 is 0 Å². The van der Waals surface area contributed by atoms with Crippen molar-refractivity contribution in [1.29, 1.82) is 5.26 Å². The van der Waals surface area contributed by atoms with Crippen molar-refractivity contribution < 1.29 is 0 Å². The molecule has 2 aromatic rings. The smallest absolute Gasteiger partial charge is 0.137 e. The minimum Gasteiger partial charge on any atom is -0.370 e. The van der Waals surface area contributed by atoms with E-state index in [1.165, 1.54) is 0 Å². The van der Waals surface area contributed by atoms with Crippen molar-refractivity contribution in [2.24, 2.45) is 5.92 Å². The summed E-state index contributed by atoms with van der Waals surface area (Å²) >= 11 is 0. The number of nitrogens with zero attached hydrogens (tertiary/aromatic N) is 3. The monoisotopic (exact) mass is 226 g/mol. The number of nitriles is 1. The Labute approximate surface area is 99.9 Å². The Morgan fingerprint density at radius 1 is 1.41 bits per heavy atom. The van der Waals surface area contributed by atoms with Crippen LogP contribution in [0.25, 0.3) is 11.0 Å². The van der Waals surface area contributed by atoms with E-state index in [4.69, 9.17) is 5.26 Å². The van der Waals surface area contributed by atoms with Crippen molar-refractivity contribution in [2.75, 3.05) is 18.0 Å². The van der Waals surface area contributed by atoms with Gasteiger partial charge in [0, 0.05) is 30.6 Å². The molecule has 0 radical (unpaired) electrons. The normalized spacial score (nSPS) is 17.2. The Hall–Kier alpha value is -2.02. The fourth-order valence-corrected chi connectivity index (χ4v) is 2.37. The van der Waals surface area contributed by atoms with Crippen molar-refractivity contribution in [3.8, 4) is 6.07 Å². The van der Waals surface area contributed by atoms with E-state index in [9.17, 15) is 0 Å². The van der Waals surface area contributed by atoms with Crippen LogP contribution in [0.3, 0.4) is 0 Å². The molecule has 0 bridgehead atoms. The van der Waals surface area contributed by atoms with E-state index in [1.54, 1.807) is 0 Å². The number of rotatable bonds is 1. The molecule has 0 spiro atoms. The first-order chi connectivity index (χ1) is 8.36. The van der Waals surface area contributed by atoms with Gasteiger partial charge in [-0.05, 0) is 25.0 Å². The highest BCUT2D eigenvalue weighted by Gasteiger charge is 2.19. The van der Waals surface area contributed by atoms with Crippen LogP contribution in [0.5, 0.6) is 0 Å². The molecule has 0 unspecified atom stereocenters. The van der Waals surface area contributed by atoms with Crippen LogP contribution >= 0.6 is 0 Å². The molecule has 4 nitrogen and oxygen atoms in total. The zero-order chi connectivity index (χ0) is 11.7. The lowest BCUT2D eigenvalue weighted by molar-refractivity contribution is 0.487. The fourth-order valence-electron chi connectivity index (χ4n) is 2.37. The predicted octanol–water partition coefficient (Wildman–Crippen LogP) is 2.30. The number of aromatic amines is 1. The quantitative estimate of drug-likeness (QED) is 0.811. The van der Waals surface area contributed by atoms with Gasteiger partial charge in [-0.1, -0.05) is 0 Å². The lowest BCUT2D eigenvalue weighted by Gasteiger charge is -2.30. The molecule has 3 rings (SSSR count). The second-order valence-electron chi connectivity index (χ2n) is 4.50. The first-order valence-corrected chi connectivity index (χ1v) is 5.94. The molecule has 4 heteroatoms. The summed E-state index contributed by atoms with van der Waals surface area (Å²) < 4.78 is 0. The molecule has 0 atom stereocenters. The van der Waals surface area contributed by atoms with Crippen LogP contribution in [0.4, 0.5) is 5.69 Å². The highest BCUT2D eigenvalue weighted by molar-refractivity contribution is 5.79. The predicted molar refractivity (Wildman–Crippen MR) is 66.6 cm³/mol. The molecule has 0 amide bonds. The molecule has 1 aliphatic rings. The molecule has 2 aromatic heterocycles. The highest BCUT2D eigenvalue weighted by atomic mass is 15.1. The van der Waals surface area contributed by atoms with E-state index < -0.39 is 0 Å². The van der Waals surface area contributed by atoms with Crippen molar-refractivity contribution in [2.45, 2.75) is 12.8 Å². The summed E-state index contributed by atoms with van der Waals surface area (Å²) in [4.78, 5) is 9.80. The van der Waals surface area contributed by atoms with Gasteiger partial charge in [0.15, 0.2) is 0 Å². The molecule has 1 aliphatic heterocycles. The zero-order valence-electron chi connectivity index (χ0n) is 9.56. The van der Waals surface area contributed by atoms with Crippen LogP contribution in [0, 0.1) is 17.2 Å². The highest BCUT2D eigenvalue weighted by Crippen LogP contribution is 2.24. The van der Waals surface area contributed by atoms with Crippen molar-refractivity contribution in [3.05, 3.63) is 24.5 Å². The third-order valence-corrected chi connectivity index (χ3v) is 3.43. The molecule has 0 aromatic carbocycles. The van der Waals surface area contributed by atoms with E-state index in [0.29, 0.717) is 0 Å². The molecule has 17 heavy (non-hydrogen) atoms. The first-order valence-electron chi connectivity index (χ1n) is 5.94. The van der Waals surface area contributed by atoms with Crippen molar-refractivity contribution in [3.63, 3.8) is 0 Å². The minimum absolute atomic E-state index is 0.232. The van der Waals surface area contributed by atoms with Crippen LogP contribution in [-0.4, -0.2) is 23.1 Å². The summed E-state index contributed by atoms with van der Waals surface area (Å²) in [6.45, 7) is 1.91. The number of nitrogens with one attached hydrogen (secondary N) is 1. The van der Waals surface area contributed by atoms with Gasteiger partial charge in [-0.3, -0.25) is 0 Å². The molecule has 1 fully saturated rings. The Balaban J connectivity index is 1.82. The van der Waals surface area contributed by atoms with Crippen LogP contribution in [-0.2, 0) is 0 Å². The maximum absolute atomic E-state index is 8.88. The number of hydrogen-bond acceptors (Lipinski definition) is 3. The minimum atomic E-state index is 0.232. The lowest BCUT2D eigenvalue weighted by Crippen LogP contribution is -2.33. The standard InChI is InChI=1S/C13H14N4/c14-8-10-2-5-17(6-3-10)12-7-11-1-4-15-13(11)16-9-12/h1,4,7,9-10H,2-3,5-6H2,(H,15,16). The van der Waals surface area contributed by atoms with Crippen LogP contribution in [0.15, 0.2) is 24.5 Å². The summed E-state index contributed by atoms with van der Waals surface area (Å²) in [5.41, 5.74) is 2.09. The summed E-state index contributed by atoms with van der Waals surface area (Å²) in [7, 11) is 0. The molecular formula is C13H14N4. The maximum atomic E-state index is 8.88. The Morgan fingerprint density at radius 2 is 2.24 bits per heavy atom. The second-order valence-corrected chi connectivity index (χ2v) is 4.50. The Morgan fingerprint density at radius 3 is 3.00 bits per heavy atom. The van der Waals surface area contributed by atoms with Gasteiger partial charge in [-0.2, -0.15) is 5.26 Å². The molecular weight excluding hydrogens is 212 g/mol. The van der Waals surface area contributed by atoms with Gasteiger partial charge in [0.25, 0.3) is 0 Å². The van der Waals surface area contributed by atoms with E-state index in [2.05, 4.69) is 27.0 Å². The fraction of sp³-hybridized carbons (Fsp3) is 0.385. The molecule has 1 saturated heterocycles. The summed E-state index contributed by atoms with van der Waals surface area (Å²) in [5.74, 6) is 0.232. The third-order valence-electron chi connectivity index (χ3n) is 3.43. The number of fused-ring (bicyclic) bond motifs is 1. The van der Waals surface area contributed by atoms with Gasteiger partial charge in [-0.25, -0.2) is 4.98 Å². The van der Waals surface area contributed by atoms with E-state index in [1.807, 2.05) is 18.5 Å². The van der Waals surface area contributed by atoms with Crippen molar-refractivity contribution in [1.82, 2.24) is 9.97 Å². The molecule has 3 heterocycles. The molecule has 86 valence electrons. The largest absolute Gasteiger partial charge is 0.370 e. The lowest BCUT2D eigenvalue weighted by atomic mass is 9.98. The van der Waals surface area contributed by atoms with E-state index in [-0.39, 0.29) is 5.92 Å². The summed E-state index contributed by atoms with van der Waals surface area (Å²) in [6, 6.07) is 6.55. The topological polar surface area (TPSA) is 55.7 Å². The average Bonchev–Trinajstić information content (AvgIpc) is 2.86. The van der Waals surface area contributed by atoms with E-state index >= 15 is 0 Å². The second kappa shape index (κ2) is 4.10. The van der Waals surface area contributed by atoms with Crippen LogP contribution in [0.2, 0.25) is 0 Å². The van der Waals surface area contributed by atoms with Gasteiger partial charge in [0.05, 0.1) is 18.0 Å². The summed E-state index contributed by atoms with van der Waals surface area (Å²) in [6.07, 6.45) is 5.73. The maximum Gasteiger partial charge on any atom is 0.137 e. The van der Waals surface area contributed by atoms with Crippen LogP contribution < -0.4 is 4.90 Å².